The van der Waals surface area contributed by atoms with Crippen molar-refractivity contribution in [2.24, 2.45) is 7.05 Å². The Morgan fingerprint density at radius 2 is 1.84 bits per heavy atom. The molecule has 0 aliphatic carbocycles. The third-order valence-electron chi connectivity index (χ3n) is 5.45. The maximum Gasteiger partial charge on any atom is 0.332 e. The number of rotatable bonds is 4. The van der Waals surface area contributed by atoms with E-state index in [4.69, 9.17) is 5.26 Å². The highest BCUT2D eigenvalue weighted by molar-refractivity contribution is 5.75. The first-order valence-electron chi connectivity index (χ1n) is 10.1. The van der Waals surface area contributed by atoms with Gasteiger partial charge in [-0.25, -0.2) is 4.79 Å². The number of hydrogen-bond acceptors (Lipinski definition) is 6. The zero-order chi connectivity index (χ0) is 22.0. The van der Waals surface area contributed by atoms with Gasteiger partial charge in [0.15, 0.2) is 11.2 Å². The van der Waals surface area contributed by atoms with Gasteiger partial charge in [0.1, 0.15) is 0 Å². The molecular weight excluding hydrogens is 394 g/mol. The van der Waals surface area contributed by atoms with Gasteiger partial charge < -0.3 is 10.2 Å². The fraction of sp³-hybridized carbons (Fsp3) is 0.364. The van der Waals surface area contributed by atoms with Crippen LogP contribution in [0.1, 0.15) is 18.1 Å². The molecule has 1 aromatic carbocycles. The lowest BCUT2D eigenvalue weighted by Gasteiger charge is -2.28. The molecule has 3 aromatic rings. The maximum atomic E-state index is 13.5. The quantitative estimate of drug-likeness (QED) is 0.611. The molecule has 0 amide bonds. The van der Waals surface area contributed by atoms with Crippen LogP contribution in [0.5, 0.6) is 0 Å². The summed E-state index contributed by atoms with van der Waals surface area (Å²) >= 11 is 0. The molecule has 4 rings (SSSR count). The number of aromatic nitrogens is 4. The number of nitrogens with zero attached hydrogens (tertiary/aromatic N) is 6. The lowest BCUT2D eigenvalue weighted by atomic mass is 10.1. The summed E-state index contributed by atoms with van der Waals surface area (Å²) in [5.74, 6) is 6.56. The fourth-order valence-electron chi connectivity index (χ4n) is 3.78. The highest BCUT2D eigenvalue weighted by Gasteiger charge is 2.24. The SMILES string of the molecule is CC#CCn1c(N2CCNCC2)nc2c1c(=O)n(Cc1ccc(C#N)cc1)c(=O)n2C. The van der Waals surface area contributed by atoms with Crippen molar-refractivity contribution in [2.75, 3.05) is 31.1 Å². The first-order valence-corrected chi connectivity index (χ1v) is 10.1. The first kappa shape index (κ1) is 20.5. The number of anilines is 1. The summed E-state index contributed by atoms with van der Waals surface area (Å²) in [4.78, 5) is 33.3. The van der Waals surface area contributed by atoms with Crippen LogP contribution in [0.2, 0.25) is 0 Å². The summed E-state index contributed by atoms with van der Waals surface area (Å²) in [6, 6.07) is 8.92. The van der Waals surface area contributed by atoms with Crippen molar-refractivity contribution in [2.45, 2.75) is 20.0 Å². The predicted molar refractivity (Wildman–Crippen MR) is 118 cm³/mol. The van der Waals surface area contributed by atoms with Crippen molar-refractivity contribution in [1.82, 2.24) is 24.0 Å². The monoisotopic (exact) mass is 417 g/mol. The van der Waals surface area contributed by atoms with Gasteiger partial charge >= 0.3 is 5.69 Å². The third-order valence-corrected chi connectivity index (χ3v) is 5.45. The van der Waals surface area contributed by atoms with E-state index >= 15 is 0 Å². The molecule has 0 radical (unpaired) electrons. The summed E-state index contributed by atoms with van der Waals surface area (Å²) in [6.07, 6.45) is 0. The lowest BCUT2D eigenvalue weighted by molar-refractivity contribution is 0.572. The van der Waals surface area contributed by atoms with Gasteiger partial charge in [0.25, 0.3) is 5.56 Å². The number of aryl methyl sites for hydroxylation is 1. The molecule has 1 aliphatic heterocycles. The molecule has 158 valence electrons. The van der Waals surface area contributed by atoms with Crippen LogP contribution in [0.3, 0.4) is 0 Å². The van der Waals surface area contributed by atoms with E-state index in [9.17, 15) is 9.59 Å². The Labute approximate surface area is 179 Å². The van der Waals surface area contributed by atoms with Crippen molar-refractivity contribution in [1.29, 1.82) is 5.26 Å². The van der Waals surface area contributed by atoms with Crippen LogP contribution in [0, 0.1) is 23.2 Å². The minimum atomic E-state index is -0.431. The summed E-state index contributed by atoms with van der Waals surface area (Å²) in [5, 5.41) is 12.3. The van der Waals surface area contributed by atoms with Gasteiger partial charge in [-0.3, -0.25) is 18.5 Å². The Kier molecular flexibility index (Phi) is 5.61. The van der Waals surface area contributed by atoms with E-state index in [2.05, 4.69) is 33.1 Å². The van der Waals surface area contributed by atoms with Gasteiger partial charge in [0.05, 0.1) is 24.7 Å². The van der Waals surface area contributed by atoms with Crippen molar-refractivity contribution < 1.29 is 0 Å². The fourth-order valence-corrected chi connectivity index (χ4v) is 3.78. The maximum absolute atomic E-state index is 13.5. The normalized spacial score (nSPS) is 13.6. The van der Waals surface area contributed by atoms with E-state index in [1.807, 2.05) is 4.57 Å². The summed E-state index contributed by atoms with van der Waals surface area (Å²) in [5.41, 5.74) is 1.19. The second-order valence-corrected chi connectivity index (χ2v) is 7.38. The largest absolute Gasteiger partial charge is 0.340 e. The molecule has 0 unspecified atom stereocenters. The molecular formula is C22H23N7O2. The smallest absolute Gasteiger partial charge is 0.332 e. The predicted octanol–water partition coefficient (Wildman–Crippen LogP) is 0.250. The van der Waals surface area contributed by atoms with Crippen molar-refractivity contribution in [3.63, 3.8) is 0 Å². The zero-order valence-electron chi connectivity index (χ0n) is 17.6. The molecule has 0 atom stereocenters. The van der Waals surface area contributed by atoms with E-state index in [-0.39, 0.29) is 6.54 Å². The van der Waals surface area contributed by atoms with Crippen LogP contribution in [-0.4, -0.2) is 44.9 Å². The molecule has 9 nitrogen and oxygen atoms in total. The molecule has 0 bridgehead atoms. The topological polar surface area (TPSA) is 101 Å². The molecule has 1 fully saturated rings. The van der Waals surface area contributed by atoms with Gasteiger partial charge in [-0.15, -0.1) is 5.92 Å². The Hall–Kier alpha value is -3.82. The van der Waals surface area contributed by atoms with E-state index in [0.717, 1.165) is 31.7 Å². The molecule has 0 saturated carbocycles. The average Bonchev–Trinajstić information content (AvgIpc) is 3.19. The number of nitriles is 1. The van der Waals surface area contributed by atoms with Crippen LogP contribution in [0.4, 0.5) is 5.95 Å². The Balaban J connectivity index is 1.90. The number of nitrogens with one attached hydrogen (secondary N) is 1. The van der Waals surface area contributed by atoms with Crippen LogP contribution in [0.25, 0.3) is 11.2 Å². The molecule has 1 N–H and O–H groups in total. The van der Waals surface area contributed by atoms with Crippen LogP contribution < -0.4 is 21.5 Å². The van der Waals surface area contributed by atoms with Gasteiger partial charge in [-0.05, 0) is 24.6 Å². The van der Waals surface area contributed by atoms with Crippen LogP contribution >= 0.6 is 0 Å². The van der Waals surface area contributed by atoms with Gasteiger partial charge in [0.2, 0.25) is 5.95 Å². The van der Waals surface area contributed by atoms with Gasteiger partial charge in [-0.2, -0.15) is 10.2 Å². The molecule has 3 heterocycles. The van der Waals surface area contributed by atoms with E-state index in [0.29, 0.717) is 29.2 Å². The van der Waals surface area contributed by atoms with Crippen LogP contribution in [0.15, 0.2) is 33.9 Å². The molecule has 31 heavy (non-hydrogen) atoms. The molecule has 2 aromatic heterocycles. The minimum absolute atomic E-state index is 0.112. The highest BCUT2D eigenvalue weighted by Crippen LogP contribution is 2.20. The average molecular weight is 417 g/mol. The summed E-state index contributed by atoms with van der Waals surface area (Å²) in [6.45, 7) is 5.35. The Morgan fingerprint density at radius 3 is 2.48 bits per heavy atom. The van der Waals surface area contributed by atoms with Gasteiger partial charge in [0, 0.05) is 33.2 Å². The van der Waals surface area contributed by atoms with Crippen molar-refractivity contribution >= 4 is 17.1 Å². The van der Waals surface area contributed by atoms with E-state index < -0.39 is 11.2 Å². The van der Waals surface area contributed by atoms with Crippen molar-refractivity contribution in [3.8, 4) is 17.9 Å². The number of fused-ring (bicyclic) bond motifs is 1. The third kappa shape index (κ3) is 3.72. The van der Waals surface area contributed by atoms with E-state index in [1.54, 1.807) is 38.2 Å². The van der Waals surface area contributed by atoms with Crippen molar-refractivity contribution in [3.05, 3.63) is 56.2 Å². The number of hydrogen-bond donors (Lipinski definition) is 1. The summed E-state index contributed by atoms with van der Waals surface area (Å²) in [7, 11) is 1.63. The molecule has 1 saturated heterocycles. The number of imidazole rings is 1. The lowest BCUT2D eigenvalue weighted by Crippen LogP contribution is -2.44. The molecule has 9 heteroatoms. The zero-order valence-corrected chi connectivity index (χ0v) is 17.6. The van der Waals surface area contributed by atoms with E-state index in [1.165, 1.54) is 9.13 Å². The van der Waals surface area contributed by atoms with Gasteiger partial charge in [-0.1, -0.05) is 18.1 Å². The van der Waals surface area contributed by atoms with Crippen LogP contribution in [-0.2, 0) is 20.1 Å². The second-order valence-electron chi connectivity index (χ2n) is 7.38. The summed E-state index contributed by atoms with van der Waals surface area (Å²) < 4.78 is 4.44. The highest BCUT2D eigenvalue weighted by atomic mass is 16.2. The molecule has 0 spiro atoms. The molecule has 1 aliphatic rings. The standard InChI is InChI=1S/C22H23N7O2/c1-3-4-11-28-18-19(25-21(28)27-12-9-24-10-13-27)26(2)22(31)29(20(18)30)15-17-7-5-16(14-23)6-8-17/h5-8,24H,9-13,15H2,1-2H3. The number of piperazine rings is 1. The second kappa shape index (κ2) is 8.50. The Morgan fingerprint density at radius 1 is 1.13 bits per heavy atom. The number of benzene rings is 1. The minimum Gasteiger partial charge on any atom is -0.340 e. The Bertz CT molecular complexity index is 1340. The first-order chi connectivity index (χ1) is 15.0.